The van der Waals surface area contributed by atoms with Crippen LogP contribution < -0.4 is 0 Å². The second-order valence-electron chi connectivity index (χ2n) is 4.92. The first-order chi connectivity index (χ1) is 8.16. The molecule has 1 aromatic heterocycles. The minimum Gasteiger partial charge on any atom is -0.306 e. The molecule has 1 aromatic rings. The zero-order chi connectivity index (χ0) is 12.3. The van der Waals surface area contributed by atoms with E-state index in [1.54, 1.807) is 6.20 Å². The van der Waals surface area contributed by atoms with Crippen molar-refractivity contribution in [2.45, 2.75) is 25.4 Å². The van der Waals surface area contributed by atoms with Crippen molar-refractivity contribution >= 4 is 11.6 Å². The number of hydrogen-bond donors (Lipinski definition) is 0. The fourth-order valence-corrected chi connectivity index (χ4v) is 2.55. The topological polar surface area (TPSA) is 19.4 Å². The van der Waals surface area contributed by atoms with Gasteiger partial charge in [0.15, 0.2) is 0 Å². The summed E-state index contributed by atoms with van der Waals surface area (Å²) in [6, 6.07) is 4.75. The van der Waals surface area contributed by atoms with Gasteiger partial charge in [-0.2, -0.15) is 0 Å². The molecule has 4 heteroatoms. The van der Waals surface area contributed by atoms with Crippen LogP contribution in [0.3, 0.4) is 0 Å². The molecule has 0 amide bonds. The van der Waals surface area contributed by atoms with Crippen molar-refractivity contribution in [1.29, 1.82) is 0 Å². The summed E-state index contributed by atoms with van der Waals surface area (Å²) in [6.07, 6.45) is 4.22. The SMILES string of the molecule is CN(C)C1CCN(Cc2cccnc2Cl)CC1. The number of nitrogens with zero attached hydrogens (tertiary/aromatic N) is 3. The molecule has 0 unspecified atom stereocenters. The van der Waals surface area contributed by atoms with Crippen molar-refractivity contribution in [2.75, 3.05) is 27.2 Å². The summed E-state index contributed by atoms with van der Waals surface area (Å²) in [4.78, 5) is 8.91. The number of aromatic nitrogens is 1. The highest BCUT2D eigenvalue weighted by Crippen LogP contribution is 2.19. The lowest BCUT2D eigenvalue weighted by Crippen LogP contribution is -2.41. The second kappa shape index (κ2) is 5.80. The summed E-state index contributed by atoms with van der Waals surface area (Å²) < 4.78 is 0. The second-order valence-corrected chi connectivity index (χ2v) is 5.28. The van der Waals surface area contributed by atoms with E-state index in [4.69, 9.17) is 11.6 Å². The van der Waals surface area contributed by atoms with Gasteiger partial charge in [-0.05, 0) is 46.1 Å². The van der Waals surface area contributed by atoms with Crippen LogP contribution in [-0.2, 0) is 6.54 Å². The van der Waals surface area contributed by atoms with E-state index in [1.807, 2.05) is 6.07 Å². The van der Waals surface area contributed by atoms with E-state index in [9.17, 15) is 0 Å². The molecular formula is C13H20ClN3. The maximum Gasteiger partial charge on any atom is 0.133 e. The van der Waals surface area contributed by atoms with Crippen LogP contribution in [0.15, 0.2) is 18.3 Å². The Morgan fingerprint density at radius 3 is 2.71 bits per heavy atom. The smallest absolute Gasteiger partial charge is 0.133 e. The van der Waals surface area contributed by atoms with Crippen molar-refractivity contribution in [3.63, 3.8) is 0 Å². The molecule has 17 heavy (non-hydrogen) atoms. The average molecular weight is 254 g/mol. The Hall–Kier alpha value is -0.640. The van der Waals surface area contributed by atoms with Crippen molar-refractivity contribution in [3.05, 3.63) is 29.0 Å². The average Bonchev–Trinajstić information content (AvgIpc) is 2.33. The van der Waals surface area contributed by atoms with Gasteiger partial charge in [0, 0.05) is 24.3 Å². The van der Waals surface area contributed by atoms with Gasteiger partial charge in [0.2, 0.25) is 0 Å². The van der Waals surface area contributed by atoms with E-state index in [0.29, 0.717) is 5.15 Å². The molecule has 0 bridgehead atoms. The summed E-state index contributed by atoms with van der Waals surface area (Å²) in [5.74, 6) is 0. The van der Waals surface area contributed by atoms with Crippen LogP contribution in [0.1, 0.15) is 18.4 Å². The molecule has 0 aromatic carbocycles. The molecule has 1 aliphatic heterocycles. The highest BCUT2D eigenvalue weighted by atomic mass is 35.5. The van der Waals surface area contributed by atoms with E-state index >= 15 is 0 Å². The van der Waals surface area contributed by atoms with Crippen LogP contribution in [0.4, 0.5) is 0 Å². The lowest BCUT2D eigenvalue weighted by molar-refractivity contribution is 0.140. The number of piperidine rings is 1. The Morgan fingerprint density at radius 2 is 2.12 bits per heavy atom. The molecule has 1 saturated heterocycles. The molecule has 0 atom stereocenters. The number of hydrogen-bond acceptors (Lipinski definition) is 3. The van der Waals surface area contributed by atoms with Crippen LogP contribution in [0, 0.1) is 0 Å². The standard InChI is InChI=1S/C13H20ClN3/c1-16(2)12-5-8-17(9-6-12)10-11-4-3-7-15-13(11)14/h3-4,7,12H,5-6,8-10H2,1-2H3. The van der Waals surface area contributed by atoms with Crippen LogP contribution in [0.5, 0.6) is 0 Å². The lowest BCUT2D eigenvalue weighted by atomic mass is 10.0. The first-order valence-corrected chi connectivity index (χ1v) is 6.53. The summed E-state index contributed by atoms with van der Waals surface area (Å²) in [6.45, 7) is 3.22. The predicted octanol–water partition coefficient (Wildman–Crippen LogP) is 2.26. The van der Waals surface area contributed by atoms with Gasteiger partial charge in [-0.1, -0.05) is 17.7 Å². The maximum atomic E-state index is 6.08. The van der Waals surface area contributed by atoms with Crippen LogP contribution in [0.25, 0.3) is 0 Å². The third kappa shape index (κ3) is 3.41. The first kappa shape index (κ1) is 12.8. The molecule has 0 N–H and O–H groups in total. The van der Waals surface area contributed by atoms with Crippen molar-refractivity contribution in [3.8, 4) is 0 Å². The molecule has 94 valence electrons. The van der Waals surface area contributed by atoms with Crippen LogP contribution in [0.2, 0.25) is 5.15 Å². The summed E-state index contributed by atoms with van der Waals surface area (Å²) in [5, 5.41) is 0.641. The first-order valence-electron chi connectivity index (χ1n) is 6.15. The van der Waals surface area contributed by atoms with E-state index in [1.165, 1.54) is 12.8 Å². The number of likely N-dealkylation sites (tertiary alicyclic amines) is 1. The fourth-order valence-electron chi connectivity index (χ4n) is 2.37. The number of rotatable bonds is 3. The molecule has 1 aliphatic rings. The highest BCUT2D eigenvalue weighted by molar-refractivity contribution is 6.30. The molecule has 2 heterocycles. The van der Waals surface area contributed by atoms with Crippen molar-refractivity contribution in [1.82, 2.24) is 14.8 Å². The van der Waals surface area contributed by atoms with E-state index < -0.39 is 0 Å². The van der Waals surface area contributed by atoms with Crippen LogP contribution in [-0.4, -0.2) is 48.0 Å². The van der Waals surface area contributed by atoms with Gasteiger partial charge in [-0.25, -0.2) is 4.98 Å². The van der Waals surface area contributed by atoms with Gasteiger partial charge in [0.25, 0.3) is 0 Å². The predicted molar refractivity (Wildman–Crippen MR) is 71.2 cm³/mol. The zero-order valence-corrected chi connectivity index (χ0v) is 11.3. The van der Waals surface area contributed by atoms with E-state index in [-0.39, 0.29) is 0 Å². The molecule has 0 aliphatic carbocycles. The Kier molecular flexibility index (Phi) is 4.37. The Bertz CT molecular complexity index is 359. The third-order valence-corrected chi connectivity index (χ3v) is 3.86. The number of halogens is 1. The molecule has 1 fully saturated rings. The Morgan fingerprint density at radius 1 is 1.41 bits per heavy atom. The van der Waals surface area contributed by atoms with Crippen LogP contribution >= 0.6 is 11.6 Å². The largest absolute Gasteiger partial charge is 0.306 e. The summed E-state index contributed by atoms with van der Waals surface area (Å²) >= 11 is 6.08. The minimum absolute atomic E-state index is 0.641. The van der Waals surface area contributed by atoms with Crippen molar-refractivity contribution < 1.29 is 0 Å². The molecule has 0 radical (unpaired) electrons. The maximum absolute atomic E-state index is 6.08. The highest BCUT2D eigenvalue weighted by Gasteiger charge is 2.20. The summed E-state index contributed by atoms with van der Waals surface area (Å²) in [7, 11) is 4.33. The van der Waals surface area contributed by atoms with Gasteiger partial charge >= 0.3 is 0 Å². The quantitative estimate of drug-likeness (QED) is 0.771. The fraction of sp³-hybridized carbons (Fsp3) is 0.615. The molecule has 0 saturated carbocycles. The van der Waals surface area contributed by atoms with Gasteiger partial charge in [0.05, 0.1) is 0 Å². The molecular weight excluding hydrogens is 234 g/mol. The van der Waals surface area contributed by atoms with Gasteiger partial charge < -0.3 is 4.90 Å². The normalized spacial score (nSPS) is 18.8. The van der Waals surface area contributed by atoms with E-state index in [2.05, 4.69) is 34.9 Å². The number of pyridine rings is 1. The third-order valence-electron chi connectivity index (χ3n) is 3.52. The van der Waals surface area contributed by atoms with E-state index in [0.717, 1.165) is 31.2 Å². The van der Waals surface area contributed by atoms with Gasteiger partial charge in [-0.15, -0.1) is 0 Å². The molecule has 0 spiro atoms. The summed E-state index contributed by atoms with van der Waals surface area (Å²) in [5.41, 5.74) is 1.14. The van der Waals surface area contributed by atoms with Gasteiger partial charge in [0.1, 0.15) is 5.15 Å². The lowest BCUT2D eigenvalue weighted by Gasteiger charge is -2.35. The molecule has 2 rings (SSSR count). The Labute approximate surface area is 108 Å². The van der Waals surface area contributed by atoms with Crippen molar-refractivity contribution in [2.24, 2.45) is 0 Å². The molecule has 3 nitrogen and oxygen atoms in total. The zero-order valence-electron chi connectivity index (χ0n) is 10.6. The minimum atomic E-state index is 0.641. The Balaban J connectivity index is 1.88. The monoisotopic (exact) mass is 253 g/mol. The van der Waals surface area contributed by atoms with Gasteiger partial charge in [-0.3, -0.25) is 4.90 Å².